The number of rotatable bonds is 3. The monoisotopic (exact) mass is 180 g/mol. The Balaban J connectivity index is 2.16. The molecule has 2 unspecified atom stereocenters. The summed E-state index contributed by atoms with van der Waals surface area (Å²) in [4.78, 5) is 0. The van der Waals surface area contributed by atoms with Crippen molar-refractivity contribution >= 4 is 0 Å². The van der Waals surface area contributed by atoms with E-state index in [1.165, 1.54) is 0 Å². The Hall–Kier alpha value is -0.210. The number of hydrogen-bond donors (Lipinski definition) is 0. The summed E-state index contributed by atoms with van der Waals surface area (Å²) in [5, 5.41) is 0. The lowest BCUT2D eigenvalue weighted by atomic mass is 10.0. The molecule has 3 heteroatoms. The molecule has 0 heterocycles. The summed E-state index contributed by atoms with van der Waals surface area (Å²) >= 11 is 0. The lowest BCUT2D eigenvalue weighted by molar-refractivity contribution is -0.151. The van der Waals surface area contributed by atoms with Gasteiger partial charge in [-0.3, -0.25) is 0 Å². The third-order valence-corrected chi connectivity index (χ3v) is 2.46. The third kappa shape index (κ3) is 2.68. The van der Waals surface area contributed by atoms with E-state index in [0.29, 0.717) is 12.3 Å². The summed E-state index contributed by atoms with van der Waals surface area (Å²) in [6, 6.07) is 0. The van der Waals surface area contributed by atoms with E-state index in [9.17, 15) is 13.2 Å². The molecule has 1 rings (SSSR count). The van der Waals surface area contributed by atoms with Crippen LogP contribution in [0.2, 0.25) is 0 Å². The second-order valence-corrected chi connectivity index (χ2v) is 4.12. The maximum Gasteiger partial charge on any atom is 0.392 e. The standard InChI is InChI=1S/C9H15F3/c1-6(2)3-4-7-5-8(7)9(10,11)12/h6-8H,3-5H2,1-2H3. The van der Waals surface area contributed by atoms with Crippen LogP contribution in [0.3, 0.4) is 0 Å². The van der Waals surface area contributed by atoms with Gasteiger partial charge in [-0.15, -0.1) is 0 Å². The molecule has 0 nitrogen and oxygen atoms in total. The summed E-state index contributed by atoms with van der Waals surface area (Å²) in [6.45, 7) is 4.09. The van der Waals surface area contributed by atoms with Crippen molar-refractivity contribution in [3.8, 4) is 0 Å². The van der Waals surface area contributed by atoms with Crippen LogP contribution in [0.15, 0.2) is 0 Å². The maximum absolute atomic E-state index is 12.0. The van der Waals surface area contributed by atoms with Crippen LogP contribution in [-0.4, -0.2) is 6.18 Å². The summed E-state index contributed by atoms with van der Waals surface area (Å²) < 4.78 is 36.0. The van der Waals surface area contributed by atoms with E-state index in [4.69, 9.17) is 0 Å². The van der Waals surface area contributed by atoms with Crippen molar-refractivity contribution in [1.82, 2.24) is 0 Å². The van der Waals surface area contributed by atoms with Gasteiger partial charge in [0.15, 0.2) is 0 Å². The van der Waals surface area contributed by atoms with Gasteiger partial charge in [0.25, 0.3) is 0 Å². The summed E-state index contributed by atoms with van der Waals surface area (Å²) in [7, 11) is 0. The first-order valence-electron chi connectivity index (χ1n) is 4.48. The SMILES string of the molecule is CC(C)CCC1CC1C(F)(F)F. The van der Waals surface area contributed by atoms with Crippen molar-refractivity contribution in [2.45, 2.75) is 39.3 Å². The van der Waals surface area contributed by atoms with Crippen molar-refractivity contribution in [2.75, 3.05) is 0 Å². The Bertz CT molecular complexity index is 148. The van der Waals surface area contributed by atoms with E-state index in [1.807, 2.05) is 13.8 Å². The molecule has 1 saturated carbocycles. The first kappa shape index (κ1) is 9.87. The smallest absolute Gasteiger partial charge is 0.171 e. The van der Waals surface area contributed by atoms with Gasteiger partial charge < -0.3 is 0 Å². The highest BCUT2D eigenvalue weighted by molar-refractivity contribution is 4.91. The van der Waals surface area contributed by atoms with Gasteiger partial charge in [-0.1, -0.05) is 20.3 Å². The first-order chi connectivity index (χ1) is 5.41. The van der Waals surface area contributed by atoms with E-state index < -0.39 is 12.1 Å². The van der Waals surface area contributed by atoms with E-state index in [1.54, 1.807) is 0 Å². The average Bonchev–Trinajstić information content (AvgIpc) is 2.59. The molecule has 1 fully saturated rings. The molecule has 0 aromatic heterocycles. The molecule has 0 bridgehead atoms. The Morgan fingerprint density at radius 2 is 1.92 bits per heavy atom. The molecule has 0 aromatic carbocycles. The van der Waals surface area contributed by atoms with Gasteiger partial charge in [0.1, 0.15) is 0 Å². The minimum absolute atomic E-state index is 0.0626. The topological polar surface area (TPSA) is 0 Å². The molecule has 1 aliphatic carbocycles. The number of alkyl halides is 3. The predicted molar refractivity (Wildman–Crippen MR) is 41.7 cm³/mol. The fraction of sp³-hybridized carbons (Fsp3) is 1.00. The van der Waals surface area contributed by atoms with Crippen LogP contribution in [0.5, 0.6) is 0 Å². The van der Waals surface area contributed by atoms with Crippen LogP contribution < -0.4 is 0 Å². The predicted octanol–water partition coefficient (Wildman–Crippen LogP) is 3.62. The van der Waals surface area contributed by atoms with Crippen molar-refractivity contribution < 1.29 is 13.2 Å². The molecular weight excluding hydrogens is 165 g/mol. The van der Waals surface area contributed by atoms with Gasteiger partial charge in [0, 0.05) is 0 Å². The Morgan fingerprint density at radius 3 is 2.25 bits per heavy atom. The van der Waals surface area contributed by atoms with Gasteiger partial charge in [0.05, 0.1) is 5.92 Å². The average molecular weight is 180 g/mol. The molecule has 0 saturated heterocycles. The molecule has 0 N–H and O–H groups in total. The molecule has 0 spiro atoms. The van der Waals surface area contributed by atoms with Crippen molar-refractivity contribution in [3.63, 3.8) is 0 Å². The fourth-order valence-electron chi connectivity index (χ4n) is 1.51. The Morgan fingerprint density at radius 1 is 1.33 bits per heavy atom. The van der Waals surface area contributed by atoms with E-state index >= 15 is 0 Å². The molecule has 0 aliphatic heterocycles. The van der Waals surface area contributed by atoms with Crippen molar-refractivity contribution in [2.24, 2.45) is 17.8 Å². The van der Waals surface area contributed by atoms with E-state index in [2.05, 4.69) is 0 Å². The van der Waals surface area contributed by atoms with Gasteiger partial charge in [0.2, 0.25) is 0 Å². The highest BCUT2D eigenvalue weighted by Crippen LogP contribution is 2.52. The summed E-state index contributed by atoms with van der Waals surface area (Å²) in [6.07, 6.45) is -1.88. The molecule has 1 aliphatic rings. The normalized spacial score (nSPS) is 29.5. The zero-order valence-corrected chi connectivity index (χ0v) is 7.49. The fourth-order valence-corrected chi connectivity index (χ4v) is 1.51. The largest absolute Gasteiger partial charge is 0.392 e. The molecule has 0 radical (unpaired) electrons. The molecule has 72 valence electrons. The molecular formula is C9H15F3. The zero-order chi connectivity index (χ0) is 9.35. The van der Waals surface area contributed by atoms with E-state index in [-0.39, 0.29) is 5.92 Å². The van der Waals surface area contributed by atoms with Crippen LogP contribution in [-0.2, 0) is 0 Å². The second kappa shape index (κ2) is 3.27. The molecule has 2 atom stereocenters. The van der Waals surface area contributed by atoms with Crippen LogP contribution in [0.1, 0.15) is 33.1 Å². The van der Waals surface area contributed by atoms with E-state index in [0.717, 1.165) is 12.8 Å². The van der Waals surface area contributed by atoms with Crippen molar-refractivity contribution in [3.05, 3.63) is 0 Å². The summed E-state index contributed by atoms with van der Waals surface area (Å²) in [5.74, 6) is -0.511. The van der Waals surface area contributed by atoms with Crippen LogP contribution in [0.25, 0.3) is 0 Å². The third-order valence-electron chi connectivity index (χ3n) is 2.46. The van der Waals surface area contributed by atoms with Gasteiger partial charge in [-0.25, -0.2) is 0 Å². The highest BCUT2D eigenvalue weighted by atomic mass is 19.4. The van der Waals surface area contributed by atoms with Crippen LogP contribution in [0, 0.1) is 17.8 Å². The number of hydrogen-bond acceptors (Lipinski definition) is 0. The highest BCUT2D eigenvalue weighted by Gasteiger charge is 2.54. The first-order valence-corrected chi connectivity index (χ1v) is 4.48. The minimum Gasteiger partial charge on any atom is -0.171 e. The van der Waals surface area contributed by atoms with Crippen LogP contribution in [0.4, 0.5) is 13.2 Å². The zero-order valence-electron chi connectivity index (χ0n) is 7.49. The van der Waals surface area contributed by atoms with Crippen LogP contribution >= 0.6 is 0 Å². The van der Waals surface area contributed by atoms with Gasteiger partial charge >= 0.3 is 6.18 Å². The van der Waals surface area contributed by atoms with Gasteiger partial charge in [-0.2, -0.15) is 13.2 Å². The Labute approximate surface area is 71.1 Å². The second-order valence-electron chi connectivity index (χ2n) is 4.12. The minimum atomic E-state index is -3.93. The lowest BCUT2D eigenvalue weighted by Crippen LogP contribution is -2.11. The molecule has 0 amide bonds. The molecule has 0 aromatic rings. The maximum atomic E-state index is 12.0. The molecule has 12 heavy (non-hydrogen) atoms. The lowest BCUT2D eigenvalue weighted by Gasteiger charge is -2.06. The Kier molecular flexibility index (Phi) is 2.69. The number of halogens is 3. The van der Waals surface area contributed by atoms with Crippen molar-refractivity contribution in [1.29, 1.82) is 0 Å². The van der Waals surface area contributed by atoms with Gasteiger partial charge in [-0.05, 0) is 24.7 Å². The summed E-state index contributed by atoms with van der Waals surface area (Å²) in [5.41, 5.74) is 0. The quantitative estimate of drug-likeness (QED) is 0.622.